The third-order valence-electron chi connectivity index (χ3n) is 5.12. The van der Waals surface area contributed by atoms with Crippen LogP contribution in [0.25, 0.3) is 22.6 Å². The Balaban J connectivity index is 1.28. The minimum atomic E-state index is -0.314. The molecule has 0 saturated heterocycles. The van der Waals surface area contributed by atoms with E-state index in [1.54, 1.807) is 24.4 Å². The lowest BCUT2D eigenvalue weighted by atomic mass is 10.1. The first kappa shape index (κ1) is 20.0. The van der Waals surface area contributed by atoms with Gasteiger partial charge in [-0.1, -0.05) is 36.3 Å². The van der Waals surface area contributed by atoms with Gasteiger partial charge in [0.1, 0.15) is 23.1 Å². The highest BCUT2D eigenvalue weighted by Crippen LogP contribution is 2.26. The quantitative estimate of drug-likeness (QED) is 0.445. The van der Waals surface area contributed by atoms with Gasteiger partial charge in [-0.15, -0.1) is 0 Å². The highest BCUT2D eigenvalue weighted by atomic mass is 19.1. The summed E-state index contributed by atoms with van der Waals surface area (Å²) in [7, 11) is 0. The van der Waals surface area contributed by atoms with E-state index < -0.39 is 0 Å². The predicted octanol–water partition coefficient (Wildman–Crippen LogP) is 5.01. The van der Waals surface area contributed by atoms with Crippen LogP contribution in [0.1, 0.15) is 30.5 Å². The maximum Gasteiger partial charge on any atom is 0.158 e. The molecule has 0 radical (unpaired) electrons. The summed E-state index contributed by atoms with van der Waals surface area (Å²) in [5.74, 6) is 1.68. The Bertz CT molecular complexity index is 1260. The van der Waals surface area contributed by atoms with E-state index >= 15 is 0 Å². The van der Waals surface area contributed by atoms with Crippen molar-refractivity contribution in [1.29, 1.82) is 0 Å². The first-order chi connectivity index (χ1) is 15.7. The molecule has 0 amide bonds. The number of halogens is 1. The molecule has 4 aromatic rings. The van der Waals surface area contributed by atoms with Gasteiger partial charge in [0.05, 0.1) is 42.9 Å². The first-order valence-corrected chi connectivity index (χ1v) is 10.5. The molecule has 5 rings (SSSR count). The molecule has 0 aliphatic carbocycles. The molecule has 1 N–H and O–H groups in total. The molecule has 3 heterocycles. The number of nitrogens with zero attached hydrogens (tertiary/aromatic N) is 4. The zero-order valence-electron chi connectivity index (χ0n) is 17.6. The molecular weight excluding hydrogens is 409 g/mol. The molecule has 162 valence electrons. The van der Waals surface area contributed by atoms with Crippen molar-refractivity contribution in [2.75, 3.05) is 6.61 Å². The summed E-state index contributed by atoms with van der Waals surface area (Å²) in [6.45, 7) is 3.67. The number of imidazole rings is 1. The van der Waals surface area contributed by atoms with Crippen LogP contribution in [0.15, 0.2) is 64.2 Å². The average molecular weight is 431 g/mol. The fourth-order valence-electron chi connectivity index (χ4n) is 3.55. The van der Waals surface area contributed by atoms with E-state index in [0.29, 0.717) is 36.8 Å². The summed E-state index contributed by atoms with van der Waals surface area (Å²) >= 11 is 0. The molecule has 2 aromatic carbocycles. The van der Waals surface area contributed by atoms with Crippen LogP contribution in [0.5, 0.6) is 5.75 Å². The molecular formula is C24H22FN5O2. The molecule has 32 heavy (non-hydrogen) atoms. The molecule has 0 saturated carbocycles. The number of nitrogens with one attached hydrogen (secondary N) is 1. The number of hydrogen-bond donors (Lipinski definition) is 1. The minimum absolute atomic E-state index is 0.314. The summed E-state index contributed by atoms with van der Waals surface area (Å²) in [5.41, 5.74) is 3.69. The third kappa shape index (κ3) is 4.12. The second-order valence-corrected chi connectivity index (χ2v) is 7.55. The Labute approximate surface area is 184 Å². The second kappa shape index (κ2) is 8.66. The maximum atomic E-state index is 14.1. The number of ether oxygens (including phenoxy) is 1. The fourth-order valence-corrected chi connectivity index (χ4v) is 3.55. The van der Waals surface area contributed by atoms with Gasteiger partial charge in [0.25, 0.3) is 0 Å². The van der Waals surface area contributed by atoms with Gasteiger partial charge in [0.2, 0.25) is 0 Å². The van der Waals surface area contributed by atoms with Crippen LogP contribution >= 0.6 is 0 Å². The maximum absolute atomic E-state index is 14.1. The van der Waals surface area contributed by atoms with Crippen molar-refractivity contribution in [3.05, 3.63) is 77.6 Å². The van der Waals surface area contributed by atoms with Gasteiger partial charge in [-0.2, -0.15) is 5.10 Å². The summed E-state index contributed by atoms with van der Waals surface area (Å²) in [6, 6.07) is 16.3. The lowest BCUT2D eigenvalue weighted by Gasteiger charge is -2.19. The van der Waals surface area contributed by atoms with Gasteiger partial charge in [-0.05, 0) is 30.7 Å². The molecule has 0 atom stereocenters. The van der Waals surface area contributed by atoms with Gasteiger partial charge in [-0.3, -0.25) is 5.01 Å². The van der Waals surface area contributed by atoms with E-state index in [0.717, 1.165) is 34.8 Å². The van der Waals surface area contributed by atoms with E-state index in [9.17, 15) is 4.39 Å². The third-order valence-corrected chi connectivity index (χ3v) is 5.12. The van der Waals surface area contributed by atoms with Gasteiger partial charge in [0, 0.05) is 11.6 Å². The summed E-state index contributed by atoms with van der Waals surface area (Å²) < 4.78 is 25.3. The Morgan fingerprint density at radius 3 is 2.94 bits per heavy atom. The lowest BCUT2D eigenvalue weighted by Crippen LogP contribution is -2.21. The van der Waals surface area contributed by atoms with E-state index in [2.05, 4.69) is 27.1 Å². The Morgan fingerprint density at radius 2 is 2.06 bits per heavy atom. The lowest BCUT2D eigenvalue weighted by molar-refractivity contribution is 0.229. The van der Waals surface area contributed by atoms with Crippen molar-refractivity contribution in [2.45, 2.75) is 26.4 Å². The Kier molecular flexibility index (Phi) is 5.41. The highest BCUT2D eigenvalue weighted by Gasteiger charge is 2.20. The number of fused-ring (bicyclic) bond motifs is 1. The molecule has 8 heteroatoms. The highest BCUT2D eigenvalue weighted by molar-refractivity contribution is 5.80. The Morgan fingerprint density at radius 1 is 1.16 bits per heavy atom. The van der Waals surface area contributed by atoms with Gasteiger partial charge < -0.3 is 14.2 Å². The van der Waals surface area contributed by atoms with Crippen molar-refractivity contribution in [2.24, 2.45) is 5.10 Å². The van der Waals surface area contributed by atoms with Crippen LogP contribution in [0, 0.1) is 5.82 Å². The Hall–Kier alpha value is -3.94. The van der Waals surface area contributed by atoms with E-state index in [1.165, 1.54) is 6.07 Å². The number of benzene rings is 2. The summed E-state index contributed by atoms with van der Waals surface area (Å²) in [6.07, 6.45) is 2.65. The normalized spacial score (nSPS) is 12.8. The molecule has 0 fully saturated rings. The van der Waals surface area contributed by atoms with Crippen LogP contribution in [-0.4, -0.2) is 33.0 Å². The van der Waals surface area contributed by atoms with Crippen LogP contribution in [0.3, 0.4) is 0 Å². The monoisotopic (exact) mass is 431 g/mol. The number of hydrazone groups is 1. The van der Waals surface area contributed by atoms with Crippen molar-refractivity contribution in [3.63, 3.8) is 0 Å². The average Bonchev–Trinajstić information content (AvgIpc) is 3.45. The number of hydrogen-bond acceptors (Lipinski definition) is 6. The molecule has 0 unspecified atom stereocenters. The number of H-pyrrole nitrogens is 1. The van der Waals surface area contributed by atoms with Crippen molar-refractivity contribution in [3.8, 4) is 28.4 Å². The van der Waals surface area contributed by atoms with Crippen LogP contribution in [-0.2, 0) is 13.1 Å². The molecule has 0 bridgehead atoms. The smallest absolute Gasteiger partial charge is 0.158 e. The molecule has 1 aliphatic heterocycles. The van der Waals surface area contributed by atoms with Gasteiger partial charge in [-0.25, -0.2) is 9.37 Å². The zero-order valence-corrected chi connectivity index (χ0v) is 17.6. The first-order valence-electron chi connectivity index (χ1n) is 10.5. The predicted molar refractivity (Wildman–Crippen MR) is 119 cm³/mol. The van der Waals surface area contributed by atoms with Crippen molar-refractivity contribution in [1.82, 2.24) is 20.1 Å². The van der Waals surface area contributed by atoms with Crippen molar-refractivity contribution >= 4 is 6.21 Å². The van der Waals surface area contributed by atoms with Crippen LogP contribution in [0.2, 0.25) is 0 Å². The number of rotatable bonds is 7. The molecule has 7 nitrogen and oxygen atoms in total. The molecule has 1 aliphatic rings. The van der Waals surface area contributed by atoms with Crippen LogP contribution < -0.4 is 4.74 Å². The number of aromatic nitrogens is 3. The topological polar surface area (TPSA) is 79.5 Å². The zero-order chi connectivity index (χ0) is 21.9. The van der Waals surface area contributed by atoms with E-state index in [-0.39, 0.29) is 5.82 Å². The molecule has 0 spiro atoms. The second-order valence-electron chi connectivity index (χ2n) is 7.55. The summed E-state index contributed by atoms with van der Waals surface area (Å²) in [4.78, 5) is 7.72. The van der Waals surface area contributed by atoms with E-state index in [4.69, 9.17) is 9.26 Å². The number of aromatic amines is 1. The van der Waals surface area contributed by atoms with E-state index in [1.807, 2.05) is 35.3 Å². The van der Waals surface area contributed by atoms with Gasteiger partial charge in [0.15, 0.2) is 5.76 Å². The molecule has 2 aromatic heterocycles. The van der Waals surface area contributed by atoms with Crippen LogP contribution in [0.4, 0.5) is 4.39 Å². The summed E-state index contributed by atoms with van der Waals surface area (Å²) in [5, 5.41) is 10.5. The van der Waals surface area contributed by atoms with Crippen molar-refractivity contribution < 1.29 is 13.7 Å². The fraction of sp³-hybridized carbons (Fsp3) is 0.208. The van der Waals surface area contributed by atoms with Gasteiger partial charge >= 0.3 is 0 Å². The SMILES string of the molecule is CCCOc1cccc(-c2cc(CN3Cc4nc(-c5ccccc5F)[nH]c4C=N3)on2)c1. The minimum Gasteiger partial charge on any atom is -0.494 e. The standard InChI is InChI=1S/C24H22FN5O2/c1-2-10-31-17-7-5-6-16(11-17)21-12-18(32-29-21)14-30-15-23-22(13-26-30)27-24(28-23)19-8-3-4-9-20(19)25/h3-9,11-13H,2,10,14-15H2,1H3,(H,27,28). The largest absolute Gasteiger partial charge is 0.494 e.